The number of rotatable bonds is 6. The van der Waals surface area contributed by atoms with Gasteiger partial charge in [-0.05, 0) is 69.0 Å². The van der Waals surface area contributed by atoms with Crippen LogP contribution >= 0.6 is 0 Å². The molecule has 4 amide bonds. The molecule has 3 N–H and O–H groups in total. The van der Waals surface area contributed by atoms with Crippen molar-refractivity contribution >= 4 is 17.8 Å². The summed E-state index contributed by atoms with van der Waals surface area (Å²) in [5.74, 6) is 0.0647. The van der Waals surface area contributed by atoms with E-state index in [1.54, 1.807) is 28.9 Å². The fraction of sp³-hybridized carbons (Fsp3) is 0.435. The molecule has 0 radical (unpaired) electrons. The highest BCUT2D eigenvalue weighted by Gasteiger charge is 2.23. The van der Waals surface area contributed by atoms with Crippen LogP contribution in [0.2, 0.25) is 0 Å². The number of nitrogens with one attached hydrogen (secondary N) is 3. The van der Waals surface area contributed by atoms with Gasteiger partial charge >= 0.3 is 6.03 Å². The molecule has 1 saturated carbocycles. The maximum absolute atomic E-state index is 12.4. The molecule has 0 spiro atoms. The molecule has 8 nitrogen and oxygen atoms in total. The number of ether oxygens (including phenoxy) is 1. The number of benzene rings is 1. The van der Waals surface area contributed by atoms with E-state index in [1.165, 1.54) is 6.42 Å². The number of imide groups is 1. The Kier molecular flexibility index (Phi) is 7.33. The number of hydrogen-bond donors (Lipinski definition) is 3. The molecule has 0 unspecified atom stereocenters. The number of amides is 4. The summed E-state index contributed by atoms with van der Waals surface area (Å²) in [4.78, 5) is 36.5. The van der Waals surface area contributed by atoms with E-state index in [-0.39, 0.29) is 18.6 Å². The molecule has 1 aliphatic carbocycles. The molecular formula is C23H30N4O4. The maximum atomic E-state index is 12.4. The summed E-state index contributed by atoms with van der Waals surface area (Å²) < 4.78 is 7.15. The minimum absolute atomic E-state index is 0.0975. The van der Waals surface area contributed by atoms with E-state index in [0.29, 0.717) is 17.2 Å². The van der Waals surface area contributed by atoms with Gasteiger partial charge in [-0.3, -0.25) is 25.0 Å². The first-order chi connectivity index (χ1) is 14.8. The molecule has 0 bridgehead atoms. The Balaban J connectivity index is 1.44. The Morgan fingerprint density at radius 2 is 1.65 bits per heavy atom. The molecule has 1 aliphatic rings. The average Bonchev–Trinajstić information content (AvgIpc) is 3.06. The van der Waals surface area contributed by atoms with Crippen molar-refractivity contribution in [3.05, 3.63) is 53.3 Å². The highest BCUT2D eigenvalue weighted by atomic mass is 16.5. The smallest absolute Gasteiger partial charge is 0.321 e. The third-order valence-electron chi connectivity index (χ3n) is 5.65. The quantitative estimate of drug-likeness (QED) is 0.660. The summed E-state index contributed by atoms with van der Waals surface area (Å²) in [6.45, 7) is 5.64. The lowest BCUT2D eigenvalue weighted by Gasteiger charge is -2.29. The Bertz CT molecular complexity index is 916. The van der Waals surface area contributed by atoms with Crippen LogP contribution in [0.1, 0.15) is 54.4 Å². The molecule has 1 aromatic heterocycles. The van der Waals surface area contributed by atoms with Crippen molar-refractivity contribution in [2.24, 2.45) is 5.92 Å². The van der Waals surface area contributed by atoms with E-state index in [9.17, 15) is 14.4 Å². The van der Waals surface area contributed by atoms with Crippen LogP contribution in [0.25, 0.3) is 0 Å². The Morgan fingerprint density at radius 3 is 2.29 bits per heavy atom. The first-order valence-electron chi connectivity index (χ1n) is 10.6. The molecule has 1 fully saturated rings. The Labute approximate surface area is 182 Å². The number of hydrogen-bond acceptors (Lipinski definition) is 4. The third-order valence-corrected chi connectivity index (χ3v) is 5.65. The average molecular weight is 427 g/mol. The van der Waals surface area contributed by atoms with Crippen LogP contribution < -0.4 is 20.8 Å². The van der Waals surface area contributed by atoms with Crippen LogP contribution in [0.15, 0.2) is 36.4 Å². The summed E-state index contributed by atoms with van der Waals surface area (Å²) in [5.41, 5.74) is 5.15. The zero-order valence-electron chi connectivity index (χ0n) is 18.2. The molecule has 2 atom stereocenters. The molecule has 1 heterocycles. The first-order valence-corrected chi connectivity index (χ1v) is 10.6. The highest BCUT2D eigenvalue weighted by Crippen LogP contribution is 2.23. The molecule has 166 valence electrons. The first kappa shape index (κ1) is 22.4. The molecular weight excluding hydrogens is 396 g/mol. The predicted octanol–water partition coefficient (Wildman–Crippen LogP) is 3.27. The lowest BCUT2D eigenvalue weighted by Crippen LogP contribution is -2.48. The molecule has 0 aliphatic heterocycles. The van der Waals surface area contributed by atoms with E-state index in [4.69, 9.17) is 4.74 Å². The van der Waals surface area contributed by atoms with Gasteiger partial charge < -0.3 is 10.1 Å². The normalized spacial score (nSPS) is 18.2. The fourth-order valence-electron chi connectivity index (χ4n) is 3.76. The van der Waals surface area contributed by atoms with Gasteiger partial charge in [0.2, 0.25) is 0 Å². The van der Waals surface area contributed by atoms with Gasteiger partial charge in [-0.25, -0.2) is 4.79 Å². The van der Waals surface area contributed by atoms with Gasteiger partial charge in [0.1, 0.15) is 5.75 Å². The summed E-state index contributed by atoms with van der Waals surface area (Å²) >= 11 is 0. The Hall–Kier alpha value is -3.29. The maximum Gasteiger partial charge on any atom is 0.321 e. The van der Waals surface area contributed by atoms with E-state index in [2.05, 4.69) is 23.0 Å². The second kappa shape index (κ2) is 10.1. The number of aromatic nitrogens is 1. The Morgan fingerprint density at radius 1 is 1.00 bits per heavy atom. The molecule has 8 heteroatoms. The van der Waals surface area contributed by atoms with Crippen molar-refractivity contribution < 1.29 is 19.1 Å². The third kappa shape index (κ3) is 6.10. The van der Waals surface area contributed by atoms with Crippen LogP contribution in [-0.4, -0.2) is 35.2 Å². The van der Waals surface area contributed by atoms with Gasteiger partial charge in [0, 0.05) is 23.0 Å². The SMILES string of the molecule is Cc1ccc(C)n1NC(=O)c1ccc(OCC(=O)NC(=O)N[C@H]2CCCC[C@H]2C)cc1. The lowest BCUT2D eigenvalue weighted by atomic mass is 9.86. The van der Waals surface area contributed by atoms with E-state index in [1.807, 2.05) is 26.0 Å². The standard InChI is InChI=1S/C23H30N4O4/c1-15-6-4-5-7-20(15)24-23(30)25-21(28)14-31-19-12-10-18(11-13-19)22(29)26-27-16(2)8-9-17(27)3/h8-13,15,20H,4-7,14H2,1-3H3,(H,26,29)(H2,24,25,28,30)/t15-,20+/m1/s1. The molecule has 1 aromatic carbocycles. The van der Waals surface area contributed by atoms with E-state index < -0.39 is 11.9 Å². The van der Waals surface area contributed by atoms with Crippen LogP contribution in [0.3, 0.4) is 0 Å². The van der Waals surface area contributed by atoms with Crippen molar-refractivity contribution in [1.29, 1.82) is 0 Å². The second-order valence-electron chi connectivity index (χ2n) is 8.10. The van der Waals surface area contributed by atoms with Crippen molar-refractivity contribution in [2.75, 3.05) is 12.0 Å². The largest absolute Gasteiger partial charge is 0.484 e. The second-order valence-corrected chi connectivity index (χ2v) is 8.10. The van der Waals surface area contributed by atoms with Crippen LogP contribution in [-0.2, 0) is 4.79 Å². The minimum Gasteiger partial charge on any atom is -0.484 e. The number of nitrogens with zero attached hydrogens (tertiary/aromatic N) is 1. The van der Waals surface area contributed by atoms with Gasteiger partial charge in [0.05, 0.1) is 0 Å². The monoisotopic (exact) mass is 426 g/mol. The number of carbonyl (C=O) groups is 3. The molecule has 3 rings (SSSR count). The van der Waals surface area contributed by atoms with Gasteiger partial charge in [-0.1, -0.05) is 19.8 Å². The molecule has 2 aromatic rings. The number of aryl methyl sites for hydroxylation is 2. The van der Waals surface area contributed by atoms with Gasteiger partial charge in [-0.15, -0.1) is 0 Å². The van der Waals surface area contributed by atoms with E-state index in [0.717, 1.165) is 30.7 Å². The highest BCUT2D eigenvalue weighted by molar-refractivity contribution is 6.00. The van der Waals surface area contributed by atoms with Crippen molar-refractivity contribution in [3.63, 3.8) is 0 Å². The van der Waals surface area contributed by atoms with Gasteiger partial charge in [0.15, 0.2) is 6.61 Å². The van der Waals surface area contributed by atoms with Gasteiger partial charge in [0.25, 0.3) is 11.8 Å². The van der Waals surface area contributed by atoms with Crippen LogP contribution in [0, 0.1) is 19.8 Å². The lowest BCUT2D eigenvalue weighted by molar-refractivity contribution is -0.122. The molecule has 31 heavy (non-hydrogen) atoms. The summed E-state index contributed by atoms with van der Waals surface area (Å²) in [6.07, 6.45) is 4.29. The van der Waals surface area contributed by atoms with Crippen molar-refractivity contribution in [1.82, 2.24) is 15.3 Å². The molecule has 0 saturated heterocycles. The zero-order chi connectivity index (χ0) is 22.4. The van der Waals surface area contributed by atoms with Crippen molar-refractivity contribution in [3.8, 4) is 5.75 Å². The summed E-state index contributed by atoms with van der Waals surface area (Å²) in [5, 5.41) is 5.17. The number of carbonyl (C=O) groups excluding carboxylic acids is 3. The summed E-state index contributed by atoms with van der Waals surface area (Å²) in [6, 6.07) is 9.92. The zero-order valence-corrected chi connectivity index (χ0v) is 18.2. The van der Waals surface area contributed by atoms with Crippen molar-refractivity contribution in [2.45, 2.75) is 52.5 Å². The minimum atomic E-state index is -0.527. The predicted molar refractivity (Wildman–Crippen MR) is 118 cm³/mol. The topological polar surface area (TPSA) is 101 Å². The van der Waals surface area contributed by atoms with Gasteiger partial charge in [-0.2, -0.15) is 0 Å². The summed E-state index contributed by atoms with van der Waals surface area (Å²) in [7, 11) is 0. The van der Waals surface area contributed by atoms with Crippen LogP contribution in [0.5, 0.6) is 5.75 Å². The van der Waals surface area contributed by atoms with E-state index >= 15 is 0 Å². The number of urea groups is 1. The fourth-order valence-corrected chi connectivity index (χ4v) is 3.76. The van der Waals surface area contributed by atoms with Crippen LogP contribution in [0.4, 0.5) is 4.79 Å².